The van der Waals surface area contributed by atoms with Crippen LogP contribution in [0.5, 0.6) is 5.75 Å². The fraction of sp³-hybridized carbons (Fsp3) is 0.364. The molecule has 0 aromatic heterocycles. The molecule has 2 aromatic rings. The van der Waals surface area contributed by atoms with Gasteiger partial charge in [0.2, 0.25) is 5.91 Å². The predicted molar refractivity (Wildman–Crippen MR) is 107 cm³/mol. The van der Waals surface area contributed by atoms with Crippen molar-refractivity contribution in [2.24, 2.45) is 5.92 Å². The van der Waals surface area contributed by atoms with Crippen molar-refractivity contribution in [3.63, 3.8) is 0 Å². The molecule has 0 spiro atoms. The Kier molecular flexibility index (Phi) is 5.27. The number of fused-ring (bicyclic) bond motifs is 1. The molecule has 1 unspecified atom stereocenters. The van der Waals surface area contributed by atoms with E-state index >= 15 is 0 Å². The summed E-state index contributed by atoms with van der Waals surface area (Å²) in [6, 6.07) is 10.9. The molecule has 0 radical (unpaired) electrons. The Morgan fingerprint density at radius 3 is 2.64 bits per heavy atom. The molecule has 0 bridgehead atoms. The van der Waals surface area contributed by atoms with Crippen LogP contribution in [-0.2, 0) is 16.0 Å². The van der Waals surface area contributed by atoms with E-state index in [4.69, 9.17) is 21.1 Å². The summed E-state index contributed by atoms with van der Waals surface area (Å²) >= 11 is 6.32. The molecule has 2 aromatic carbocycles. The summed E-state index contributed by atoms with van der Waals surface area (Å²) in [5.41, 5.74) is 3.30. The molecule has 5 nitrogen and oxygen atoms in total. The molecule has 2 aliphatic rings. The zero-order valence-electron chi connectivity index (χ0n) is 15.7. The van der Waals surface area contributed by atoms with E-state index < -0.39 is 0 Å². The van der Waals surface area contributed by atoms with Gasteiger partial charge >= 0.3 is 5.97 Å². The van der Waals surface area contributed by atoms with E-state index in [0.717, 1.165) is 35.3 Å². The van der Waals surface area contributed by atoms with Crippen LogP contribution in [0.2, 0.25) is 5.02 Å². The van der Waals surface area contributed by atoms with Crippen molar-refractivity contribution < 1.29 is 19.1 Å². The third-order valence-corrected chi connectivity index (χ3v) is 5.40. The molecule has 1 heterocycles. The van der Waals surface area contributed by atoms with Crippen molar-refractivity contribution in [2.45, 2.75) is 31.8 Å². The summed E-state index contributed by atoms with van der Waals surface area (Å²) < 4.78 is 10.9. The van der Waals surface area contributed by atoms with Crippen LogP contribution in [0, 0.1) is 5.92 Å². The van der Waals surface area contributed by atoms with E-state index in [0.29, 0.717) is 35.9 Å². The van der Waals surface area contributed by atoms with Gasteiger partial charge in [0.25, 0.3) is 0 Å². The van der Waals surface area contributed by atoms with Crippen LogP contribution in [-0.4, -0.2) is 31.6 Å². The first-order valence-electron chi connectivity index (χ1n) is 9.48. The lowest BCUT2D eigenvalue weighted by molar-refractivity contribution is -0.121. The smallest absolute Gasteiger partial charge is 0.337 e. The lowest BCUT2D eigenvalue weighted by Gasteiger charge is -2.14. The standard InChI is InChI=1S/C22H22ClNO4/c1-27-22(26)15-6-4-14(5-7-15)19-11-17(23)9-16-10-18(28-21(16)19)12-24-20(25)8-13-2-3-13/h4-7,9,11,13,18H,2-3,8,10,12H2,1H3,(H,24,25). The van der Waals surface area contributed by atoms with Crippen LogP contribution in [0.4, 0.5) is 0 Å². The molecular weight excluding hydrogens is 378 g/mol. The molecular formula is C22H22ClNO4. The molecule has 146 valence electrons. The average Bonchev–Trinajstić information content (AvgIpc) is 3.41. The largest absolute Gasteiger partial charge is 0.487 e. The summed E-state index contributed by atoms with van der Waals surface area (Å²) in [5.74, 6) is 1.08. The van der Waals surface area contributed by atoms with Gasteiger partial charge in [-0.3, -0.25) is 4.79 Å². The van der Waals surface area contributed by atoms with Crippen LogP contribution in [0.3, 0.4) is 0 Å². The van der Waals surface area contributed by atoms with Crippen LogP contribution in [0.25, 0.3) is 11.1 Å². The van der Waals surface area contributed by atoms with E-state index in [9.17, 15) is 9.59 Å². The van der Waals surface area contributed by atoms with E-state index in [1.807, 2.05) is 24.3 Å². The second-order valence-electron chi connectivity index (χ2n) is 7.41. The highest BCUT2D eigenvalue weighted by atomic mass is 35.5. The number of hydrogen-bond donors (Lipinski definition) is 1. The van der Waals surface area contributed by atoms with Crippen LogP contribution < -0.4 is 10.1 Å². The Labute approximate surface area is 169 Å². The maximum absolute atomic E-state index is 12.0. The summed E-state index contributed by atoms with van der Waals surface area (Å²) in [5, 5.41) is 3.61. The number of ether oxygens (including phenoxy) is 2. The van der Waals surface area contributed by atoms with Gasteiger partial charge in [0.15, 0.2) is 0 Å². The zero-order valence-corrected chi connectivity index (χ0v) is 16.4. The monoisotopic (exact) mass is 399 g/mol. The van der Waals surface area contributed by atoms with Crippen LogP contribution >= 0.6 is 11.6 Å². The molecule has 1 atom stereocenters. The Balaban J connectivity index is 1.49. The van der Waals surface area contributed by atoms with Gasteiger partial charge in [-0.25, -0.2) is 4.79 Å². The zero-order chi connectivity index (χ0) is 19.7. The lowest BCUT2D eigenvalue weighted by atomic mass is 9.99. The third kappa shape index (κ3) is 4.14. The number of esters is 1. The Morgan fingerprint density at radius 2 is 1.96 bits per heavy atom. The molecule has 1 amide bonds. The summed E-state index contributed by atoms with van der Waals surface area (Å²) in [7, 11) is 1.36. The Hall–Kier alpha value is -2.53. The van der Waals surface area contributed by atoms with Crippen molar-refractivity contribution in [1.29, 1.82) is 0 Å². The van der Waals surface area contributed by atoms with Gasteiger partial charge in [-0.15, -0.1) is 0 Å². The maximum Gasteiger partial charge on any atom is 0.337 e. The minimum atomic E-state index is -0.374. The lowest BCUT2D eigenvalue weighted by Crippen LogP contribution is -2.34. The molecule has 1 aliphatic heterocycles. The first-order chi connectivity index (χ1) is 13.5. The fourth-order valence-corrected chi connectivity index (χ4v) is 3.75. The van der Waals surface area contributed by atoms with Gasteiger partial charge in [0.05, 0.1) is 19.2 Å². The number of nitrogens with one attached hydrogen (secondary N) is 1. The molecule has 1 saturated carbocycles. The van der Waals surface area contributed by atoms with E-state index in [1.165, 1.54) is 7.11 Å². The van der Waals surface area contributed by atoms with Crippen molar-refractivity contribution in [1.82, 2.24) is 5.32 Å². The van der Waals surface area contributed by atoms with Crippen molar-refractivity contribution >= 4 is 23.5 Å². The van der Waals surface area contributed by atoms with Crippen molar-refractivity contribution in [3.8, 4) is 16.9 Å². The fourth-order valence-electron chi connectivity index (χ4n) is 3.51. The summed E-state index contributed by atoms with van der Waals surface area (Å²) in [6.07, 6.45) is 3.53. The number of carbonyl (C=O) groups is 2. The quantitative estimate of drug-likeness (QED) is 0.745. The first-order valence-corrected chi connectivity index (χ1v) is 9.86. The van der Waals surface area contributed by atoms with Crippen LogP contribution in [0.15, 0.2) is 36.4 Å². The minimum Gasteiger partial charge on any atom is -0.487 e. The number of benzene rings is 2. The molecule has 6 heteroatoms. The molecule has 1 fully saturated rings. The second kappa shape index (κ2) is 7.84. The topological polar surface area (TPSA) is 64.6 Å². The van der Waals surface area contributed by atoms with Crippen molar-refractivity contribution in [3.05, 3.63) is 52.5 Å². The van der Waals surface area contributed by atoms with Gasteiger partial charge < -0.3 is 14.8 Å². The van der Waals surface area contributed by atoms with Gasteiger partial charge in [0.1, 0.15) is 11.9 Å². The van der Waals surface area contributed by atoms with Gasteiger partial charge in [-0.05, 0) is 48.6 Å². The average molecular weight is 400 g/mol. The highest BCUT2D eigenvalue weighted by molar-refractivity contribution is 6.31. The van der Waals surface area contributed by atoms with E-state index in [-0.39, 0.29) is 18.0 Å². The molecule has 0 saturated heterocycles. The minimum absolute atomic E-state index is 0.0960. The Bertz CT molecular complexity index is 905. The molecule has 4 rings (SSSR count). The van der Waals surface area contributed by atoms with Crippen LogP contribution in [0.1, 0.15) is 35.2 Å². The number of amides is 1. The summed E-state index contributed by atoms with van der Waals surface area (Å²) in [6.45, 7) is 0.485. The maximum atomic E-state index is 12.0. The predicted octanol–water partition coefficient (Wildman–Crippen LogP) is 4.01. The molecule has 1 aliphatic carbocycles. The SMILES string of the molecule is COC(=O)c1ccc(-c2cc(Cl)cc3c2OC(CNC(=O)CC2CC2)C3)cc1. The normalized spacial score (nSPS) is 17.6. The van der Waals surface area contributed by atoms with Crippen molar-refractivity contribution in [2.75, 3.05) is 13.7 Å². The van der Waals surface area contributed by atoms with E-state index in [1.54, 1.807) is 12.1 Å². The Morgan fingerprint density at radius 1 is 1.21 bits per heavy atom. The molecule has 28 heavy (non-hydrogen) atoms. The number of halogens is 1. The highest BCUT2D eigenvalue weighted by Gasteiger charge is 2.28. The highest BCUT2D eigenvalue weighted by Crippen LogP contribution is 2.41. The number of methoxy groups -OCH3 is 1. The van der Waals surface area contributed by atoms with Gasteiger partial charge in [-0.2, -0.15) is 0 Å². The number of hydrogen-bond acceptors (Lipinski definition) is 4. The number of carbonyl (C=O) groups excluding carboxylic acids is 2. The van der Waals surface area contributed by atoms with E-state index in [2.05, 4.69) is 5.32 Å². The molecule has 1 N–H and O–H groups in total. The van der Waals surface area contributed by atoms with Gasteiger partial charge in [0, 0.05) is 29.0 Å². The van der Waals surface area contributed by atoms with Gasteiger partial charge in [-0.1, -0.05) is 23.7 Å². The number of rotatable bonds is 6. The second-order valence-corrected chi connectivity index (χ2v) is 7.84. The third-order valence-electron chi connectivity index (χ3n) is 5.18. The summed E-state index contributed by atoms with van der Waals surface area (Å²) in [4.78, 5) is 23.6. The first kappa shape index (κ1) is 18.8.